The highest BCUT2D eigenvalue weighted by Crippen LogP contribution is 2.16. The standard InChI is InChI=1S/C20H31N5S/c1-6-21-20(23-14-19-24-15(2)16(3)26-19)22-13-18(25(4)5)12-17-10-8-7-9-11-17/h7-11,18H,6,12-14H2,1-5H3,(H2,21,22,23). The minimum Gasteiger partial charge on any atom is -0.357 e. The van der Waals surface area contributed by atoms with Crippen molar-refractivity contribution in [1.82, 2.24) is 20.5 Å². The highest BCUT2D eigenvalue weighted by molar-refractivity contribution is 7.11. The first-order chi connectivity index (χ1) is 12.5. The first-order valence-corrected chi connectivity index (χ1v) is 9.96. The third-order valence-corrected chi connectivity index (χ3v) is 5.40. The van der Waals surface area contributed by atoms with Gasteiger partial charge in [0.05, 0.1) is 12.2 Å². The van der Waals surface area contributed by atoms with Gasteiger partial charge in [0.25, 0.3) is 0 Å². The lowest BCUT2D eigenvalue weighted by Gasteiger charge is -2.25. The first-order valence-electron chi connectivity index (χ1n) is 9.15. The molecule has 0 radical (unpaired) electrons. The van der Waals surface area contributed by atoms with Gasteiger partial charge in [-0.2, -0.15) is 0 Å². The van der Waals surface area contributed by atoms with Crippen molar-refractivity contribution >= 4 is 17.3 Å². The normalized spacial score (nSPS) is 13.1. The number of guanidine groups is 1. The molecule has 142 valence electrons. The fraction of sp³-hybridized carbons (Fsp3) is 0.500. The van der Waals surface area contributed by atoms with E-state index >= 15 is 0 Å². The average Bonchev–Trinajstić information content (AvgIpc) is 2.94. The quantitative estimate of drug-likeness (QED) is 0.552. The molecule has 0 spiro atoms. The number of hydrogen-bond donors (Lipinski definition) is 2. The van der Waals surface area contributed by atoms with Crippen LogP contribution in [-0.2, 0) is 13.0 Å². The van der Waals surface area contributed by atoms with Crippen LogP contribution in [0.5, 0.6) is 0 Å². The van der Waals surface area contributed by atoms with Gasteiger partial charge >= 0.3 is 0 Å². The molecule has 1 heterocycles. The van der Waals surface area contributed by atoms with Crippen molar-refractivity contribution in [2.24, 2.45) is 4.99 Å². The number of thiazole rings is 1. The summed E-state index contributed by atoms with van der Waals surface area (Å²) in [5.74, 6) is 0.845. The van der Waals surface area contributed by atoms with Crippen LogP contribution < -0.4 is 10.6 Å². The third-order valence-electron chi connectivity index (χ3n) is 4.34. The van der Waals surface area contributed by atoms with Crippen molar-refractivity contribution in [2.75, 3.05) is 27.2 Å². The van der Waals surface area contributed by atoms with E-state index in [0.717, 1.165) is 36.2 Å². The van der Waals surface area contributed by atoms with E-state index in [9.17, 15) is 0 Å². The zero-order valence-corrected chi connectivity index (χ0v) is 17.4. The van der Waals surface area contributed by atoms with Crippen LogP contribution in [0.1, 0.15) is 28.1 Å². The van der Waals surface area contributed by atoms with E-state index < -0.39 is 0 Å². The number of hydrogen-bond acceptors (Lipinski definition) is 4. The Hall–Kier alpha value is -1.92. The molecule has 0 fully saturated rings. The van der Waals surface area contributed by atoms with Crippen LogP contribution in [0.4, 0.5) is 0 Å². The number of rotatable bonds is 8. The number of aliphatic imine (C=N–C) groups is 1. The Kier molecular flexibility index (Phi) is 8.06. The number of benzene rings is 1. The second-order valence-electron chi connectivity index (χ2n) is 6.63. The van der Waals surface area contributed by atoms with Crippen LogP contribution >= 0.6 is 11.3 Å². The summed E-state index contributed by atoms with van der Waals surface area (Å²) in [5, 5.41) is 7.88. The average molecular weight is 374 g/mol. The fourth-order valence-corrected chi connectivity index (χ4v) is 3.49. The summed E-state index contributed by atoms with van der Waals surface area (Å²) in [6, 6.07) is 11.0. The monoisotopic (exact) mass is 373 g/mol. The summed E-state index contributed by atoms with van der Waals surface area (Å²) in [4.78, 5) is 12.8. The molecule has 2 N–H and O–H groups in total. The lowest BCUT2D eigenvalue weighted by Crippen LogP contribution is -2.46. The minimum atomic E-state index is 0.394. The SMILES string of the molecule is CCNC(=NCc1nc(C)c(C)s1)NCC(Cc1ccccc1)N(C)C. The first kappa shape index (κ1) is 20.4. The zero-order valence-electron chi connectivity index (χ0n) is 16.5. The van der Waals surface area contributed by atoms with Gasteiger partial charge in [-0.3, -0.25) is 0 Å². The van der Waals surface area contributed by atoms with Gasteiger partial charge in [0.1, 0.15) is 5.01 Å². The molecule has 0 bridgehead atoms. The molecule has 5 nitrogen and oxygen atoms in total. The lowest BCUT2D eigenvalue weighted by atomic mass is 10.1. The summed E-state index contributed by atoms with van der Waals surface area (Å²) in [6.45, 7) is 8.53. The summed E-state index contributed by atoms with van der Waals surface area (Å²) in [5.41, 5.74) is 2.46. The van der Waals surface area contributed by atoms with Crippen molar-refractivity contribution in [3.8, 4) is 0 Å². The maximum atomic E-state index is 4.70. The van der Waals surface area contributed by atoms with Crippen LogP contribution in [0.2, 0.25) is 0 Å². The van der Waals surface area contributed by atoms with Crippen molar-refractivity contribution in [3.05, 3.63) is 51.5 Å². The molecule has 2 aromatic rings. The molecule has 1 aromatic heterocycles. The van der Waals surface area contributed by atoms with Crippen molar-refractivity contribution in [1.29, 1.82) is 0 Å². The fourth-order valence-electron chi connectivity index (χ4n) is 2.63. The van der Waals surface area contributed by atoms with Gasteiger partial charge in [-0.1, -0.05) is 30.3 Å². The predicted molar refractivity (Wildman–Crippen MR) is 112 cm³/mol. The van der Waals surface area contributed by atoms with Crippen LogP contribution in [0.25, 0.3) is 0 Å². The van der Waals surface area contributed by atoms with Gasteiger partial charge in [0.15, 0.2) is 5.96 Å². The molecule has 2 rings (SSSR count). The smallest absolute Gasteiger partial charge is 0.191 e. The van der Waals surface area contributed by atoms with Gasteiger partial charge in [-0.25, -0.2) is 9.98 Å². The maximum Gasteiger partial charge on any atom is 0.191 e. The molecule has 26 heavy (non-hydrogen) atoms. The van der Waals surface area contributed by atoms with Gasteiger partial charge < -0.3 is 15.5 Å². The highest BCUT2D eigenvalue weighted by atomic mass is 32.1. The molecule has 1 aromatic carbocycles. The summed E-state index contributed by atoms with van der Waals surface area (Å²) in [7, 11) is 4.25. The molecular weight excluding hydrogens is 342 g/mol. The molecule has 0 saturated heterocycles. The second-order valence-corrected chi connectivity index (χ2v) is 7.92. The molecule has 0 amide bonds. The van der Waals surface area contributed by atoms with E-state index in [4.69, 9.17) is 4.99 Å². The number of aryl methyl sites for hydroxylation is 2. The van der Waals surface area contributed by atoms with Crippen LogP contribution in [0.15, 0.2) is 35.3 Å². The van der Waals surface area contributed by atoms with Gasteiger partial charge in [0.2, 0.25) is 0 Å². The molecule has 1 unspecified atom stereocenters. The van der Waals surface area contributed by atoms with Gasteiger partial charge in [-0.05, 0) is 46.9 Å². The van der Waals surface area contributed by atoms with E-state index in [1.807, 2.05) is 6.92 Å². The molecule has 0 aliphatic rings. The van der Waals surface area contributed by atoms with E-state index in [-0.39, 0.29) is 0 Å². The van der Waals surface area contributed by atoms with Crippen molar-refractivity contribution < 1.29 is 0 Å². The number of aromatic nitrogens is 1. The van der Waals surface area contributed by atoms with Crippen molar-refractivity contribution in [3.63, 3.8) is 0 Å². The Morgan fingerprint density at radius 3 is 2.50 bits per heavy atom. The zero-order chi connectivity index (χ0) is 18.9. The van der Waals surface area contributed by atoms with E-state index in [0.29, 0.717) is 12.6 Å². The highest BCUT2D eigenvalue weighted by Gasteiger charge is 2.13. The molecule has 0 aliphatic heterocycles. The molecule has 0 aliphatic carbocycles. The van der Waals surface area contributed by atoms with E-state index in [1.165, 1.54) is 10.4 Å². The molecule has 0 saturated carbocycles. The third kappa shape index (κ3) is 6.42. The Labute approximate surface area is 161 Å². The van der Waals surface area contributed by atoms with Crippen molar-refractivity contribution in [2.45, 2.75) is 39.8 Å². The number of nitrogens with zero attached hydrogens (tertiary/aromatic N) is 3. The predicted octanol–water partition coefficient (Wildman–Crippen LogP) is 2.99. The topological polar surface area (TPSA) is 52.6 Å². The number of likely N-dealkylation sites (N-methyl/N-ethyl adjacent to an activating group) is 1. The molecule has 6 heteroatoms. The van der Waals surface area contributed by atoms with Crippen LogP contribution in [-0.4, -0.2) is 49.1 Å². The van der Waals surface area contributed by atoms with Gasteiger partial charge in [-0.15, -0.1) is 11.3 Å². The molecular formula is C20H31N5S. The van der Waals surface area contributed by atoms with Crippen LogP contribution in [0.3, 0.4) is 0 Å². The Morgan fingerprint density at radius 1 is 1.19 bits per heavy atom. The minimum absolute atomic E-state index is 0.394. The summed E-state index contributed by atoms with van der Waals surface area (Å²) < 4.78 is 0. The van der Waals surface area contributed by atoms with Gasteiger partial charge in [0, 0.05) is 24.0 Å². The largest absolute Gasteiger partial charge is 0.357 e. The summed E-state index contributed by atoms with van der Waals surface area (Å²) in [6.07, 6.45) is 1.01. The second kappa shape index (κ2) is 10.3. The Bertz CT molecular complexity index is 674. The summed E-state index contributed by atoms with van der Waals surface area (Å²) >= 11 is 1.72. The lowest BCUT2D eigenvalue weighted by molar-refractivity contribution is 0.290. The number of nitrogens with one attached hydrogen (secondary N) is 2. The van der Waals surface area contributed by atoms with E-state index in [1.54, 1.807) is 11.3 Å². The Balaban J connectivity index is 1.97. The maximum absolute atomic E-state index is 4.70. The Morgan fingerprint density at radius 2 is 1.92 bits per heavy atom. The molecule has 1 atom stereocenters. The van der Waals surface area contributed by atoms with E-state index in [2.05, 4.69) is 78.8 Å². The van der Waals surface area contributed by atoms with Crippen LogP contribution in [0, 0.1) is 13.8 Å².